The molecule has 2 heterocycles. The fourth-order valence-electron chi connectivity index (χ4n) is 6.01. The van der Waals surface area contributed by atoms with Crippen LogP contribution >= 0.6 is 0 Å². The van der Waals surface area contributed by atoms with E-state index in [1.807, 2.05) is 41.4 Å². The third-order valence-electron chi connectivity index (χ3n) is 7.41. The number of carbonyl (C=O) groups excluding carboxylic acids is 3. The van der Waals surface area contributed by atoms with Gasteiger partial charge in [-0.15, -0.1) is 0 Å². The number of rotatable bonds is 5. The summed E-state index contributed by atoms with van der Waals surface area (Å²) in [6, 6.07) is 20.4. The number of hydrazine groups is 1. The highest BCUT2D eigenvalue weighted by molar-refractivity contribution is 5.99. The van der Waals surface area contributed by atoms with Gasteiger partial charge in [-0.1, -0.05) is 66.2 Å². The van der Waals surface area contributed by atoms with Crippen LogP contribution in [-0.4, -0.2) is 47.0 Å². The van der Waals surface area contributed by atoms with E-state index in [1.165, 1.54) is 12.1 Å². The lowest BCUT2D eigenvalue weighted by molar-refractivity contribution is -0.157. The van der Waals surface area contributed by atoms with Gasteiger partial charge < -0.3 is 10.1 Å². The Hall–Kier alpha value is -3.97. The molecule has 7 heteroatoms. The van der Waals surface area contributed by atoms with Crippen LogP contribution in [0.3, 0.4) is 0 Å². The van der Waals surface area contributed by atoms with Crippen molar-refractivity contribution in [3.63, 3.8) is 0 Å². The van der Waals surface area contributed by atoms with Gasteiger partial charge in [0.25, 0.3) is 11.8 Å². The Balaban J connectivity index is 1.64. The number of nitrogens with one attached hydrogen (secondary N) is 1. The summed E-state index contributed by atoms with van der Waals surface area (Å²) in [5, 5.41) is 6.52. The highest BCUT2D eigenvalue weighted by Gasteiger charge is 2.59. The molecule has 0 unspecified atom stereocenters. The average Bonchev–Trinajstić information content (AvgIpc) is 3.40. The first-order valence-corrected chi connectivity index (χ1v) is 12.5. The SMILES string of the molecule is COC(=O)[C@H]1C[C@@H](c2c(C)cc(C)cc2C)N2[C@H](c3ccccc3)[C@@H](NC(=O)c3ccccc3)C(=O)N12. The van der Waals surface area contributed by atoms with Crippen molar-refractivity contribution in [2.45, 2.75) is 51.4 Å². The molecule has 0 radical (unpaired) electrons. The number of methoxy groups -OCH3 is 1. The highest BCUT2D eigenvalue weighted by atomic mass is 16.5. The smallest absolute Gasteiger partial charge is 0.330 e. The quantitative estimate of drug-likeness (QED) is 0.535. The molecule has 2 fully saturated rings. The van der Waals surface area contributed by atoms with Crippen LogP contribution in [0.5, 0.6) is 0 Å². The Kier molecular flexibility index (Phi) is 6.56. The van der Waals surface area contributed by atoms with Crippen molar-refractivity contribution in [2.75, 3.05) is 7.11 Å². The minimum absolute atomic E-state index is 0.252. The molecule has 0 bridgehead atoms. The zero-order valence-corrected chi connectivity index (χ0v) is 21.5. The monoisotopic (exact) mass is 497 g/mol. The second-order valence-corrected chi connectivity index (χ2v) is 9.84. The number of fused-ring (bicyclic) bond motifs is 1. The van der Waals surface area contributed by atoms with Gasteiger partial charge in [-0.25, -0.2) is 9.80 Å². The summed E-state index contributed by atoms with van der Waals surface area (Å²) in [7, 11) is 1.34. The summed E-state index contributed by atoms with van der Waals surface area (Å²) < 4.78 is 5.13. The molecule has 2 aliphatic rings. The molecule has 7 nitrogen and oxygen atoms in total. The van der Waals surface area contributed by atoms with Crippen LogP contribution < -0.4 is 5.32 Å². The summed E-state index contributed by atoms with van der Waals surface area (Å²) in [5.74, 6) is -1.13. The van der Waals surface area contributed by atoms with Gasteiger partial charge in [0.1, 0.15) is 12.1 Å². The van der Waals surface area contributed by atoms with E-state index >= 15 is 0 Å². The number of nitrogens with zero attached hydrogens (tertiary/aromatic N) is 2. The van der Waals surface area contributed by atoms with Gasteiger partial charge in [-0.2, -0.15) is 0 Å². The van der Waals surface area contributed by atoms with Gasteiger partial charge in [-0.3, -0.25) is 14.6 Å². The number of esters is 1. The number of carbonyl (C=O) groups is 3. The maximum Gasteiger partial charge on any atom is 0.330 e. The van der Waals surface area contributed by atoms with Crippen LogP contribution in [0, 0.1) is 20.8 Å². The van der Waals surface area contributed by atoms with E-state index in [-0.39, 0.29) is 17.9 Å². The normalized spacial score (nSPS) is 23.1. The molecule has 5 rings (SSSR count). The Morgan fingerprint density at radius 2 is 1.51 bits per heavy atom. The van der Waals surface area contributed by atoms with Crippen LogP contribution in [-0.2, 0) is 14.3 Å². The van der Waals surface area contributed by atoms with Crippen molar-refractivity contribution in [1.29, 1.82) is 0 Å². The molecular weight excluding hydrogens is 466 g/mol. The van der Waals surface area contributed by atoms with Gasteiger partial charge in [0.05, 0.1) is 19.2 Å². The van der Waals surface area contributed by atoms with E-state index in [1.54, 1.807) is 24.3 Å². The number of ether oxygens (including phenoxy) is 1. The molecule has 3 aromatic rings. The van der Waals surface area contributed by atoms with Crippen molar-refractivity contribution >= 4 is 17.8 Å². The summed E-state index contributed by atoms with van der Waals surface area (Å²) in [4.78, 5) is 40.2. The fraction of sp³-hybridized carbons (Fsp3) is 0.300. The molecule has 4 atom stereocenters. The molecule has 0 spiro atoms. The minimum atomic E-state index is -0.879. The number of benzene rings is 3. The maximum absolute atomic E-state index is 14.0. The molecule has 3 aromatic carbocycles. The molecule has 2 amide bonds. The van der Waals surface area contributed by atoms with Crippen LogP contribution in [0.15, 0.2) is 72.8 Å². The van der Waals surface area contributed by atoms with E-state index in [0.717, 1.165) is 27.8 Å². The number of hydrogen-bond acceptors (Lipinski definition) is 5. The van der Waals surface area contributed by atoms with Crippen LogP contribution in [0.1, 0.15) is 56.7 Å². The predicted molar refractivity (Wildman–Crippen MR) is 139 cm³/mol. The Morgan fingerprint density at radius 1 is 0.919 bits per heavy atom. The zero-order valence-electron chi connectivity index (χ0n) is 21.5. The first kappa shape index (κ1) is 24.7. The van der Waals surface area contributed by atoms with E-state index < -0.39 is 24.1 Å². The Bertz CT molecular complexity index is 1320. The molecule has 2 saturated heterocycles. The lowest BCUT2D eigenvalue weighted by Gasteiger charge is -2.33. The third kappa shape index (κ3) is 4.29. The maximum atomic E-state index is 14.0. The third-order valence-corrected chi connectivity index (χ3v) is 7.41. The Morgan fingerprint density at radius 3 is 2.11 bits per heavy atom. The highest BCUT2D eigenvalue weighted by Crippen LogP contribution is 2.50. The fourth-order valence-corrected chi connectivity index (χ4v) is 6.01. The van der Waals surface area contributed by atoms with Crippen molar-refractivity contribution in [2.24, 2.45) is 0 Å². The van der Waals surface area contributed by atoms with E-state index in [9.17, 15) is 14.4 Å². The van der Waals surface area contributed by atoms with Crippen LogP contribution in [0.2, 0.25) is 0 Å². The first-order chi connectivity index (χ1) is 17.8. The number of amides is 2. The summed E-state index contributed by atoms with van der Waals surface area (Å²) in [6.45, 7) is 6.19. The lowest BCUT2D eigenvalue weighted by atomic mass is 9.89. The number of hydrogen-bond donors (Lipinski definition) is 1. The van der Waals surface area contributed by atoms with Gasteiger partial charge >= 0.3 is 5.97 Å². The van der Waals surface area contributed by atoms with Crippen molar-refractivity contribution in [1.82, 2.24) is 15.3 Å². The minimum Gasteiger partial charge on any atom is -0.467 e. The molecular formula is C30H31N3O4. The standard InChI is InChI=1S/C30H31N3O4/c1-18-15-19(2)25(20(3)16-18)23-17-24(30(36)37-4)33-29(35)26(31-28(34)22-13-9-6-10-14-22)27(32(23)33)21-11-7-5-8-12-21/h5-16,23-24,26-27H,17H2,1-4H3,(H,31,34)/t23-,24+,26+,27+/m0/s1. The van der Waals surface area contributed by atoms with Gasteiger partial charge in [0.15, 0.2) is 0 Å². The summed E-state index contributed by atoms with van der Waals surface area (Å²) in [5.41, 5.74) is 5.80. The largest absolute Gasteiger partial charge is 0.467 e. The molecule has 37 heavy (non-hydrogen) atoms. The first-order valence-electron chi connectivity index (χ1n) is 12.5. The Labute approximate surface area is 217 Å². The molecule has 0 aromatic heterocycles. The van der Waals surface area contributed by atoms with Gasteiger partial charge in [0.2, 0.25) is 0 Å². The second-order valence-electron chi connectivity index (χ2n) is 9.84. The zero-order chi connectivity index (χ0) is 26.3. The van der Waals surface area contributed by atoms with E-state index in [2.05, 4.69) is 38.2 Å². The topological polar surface area (TPSA) is 79.0 Å². The molecule has 0 aliphatic carbocycles. The molecule has 1 N–H and O–H groups in total. The van der Waals surface area contributed by atoms with Gasteiger partial charge in [0, 0.05) is 12.0 Å². The van der Waals surface area contributed by atoms with Crippen molar-refractivity contribution < 1.29 is 19.1 Å². The van der Waals surface area contributed by atoms with E-state index in [0.29, 0.717) is 12.0 Å². The summed E-state index contributed by atoms with van der Waals surface area (Å²) >= 11 is 0. The van der Waals surface area contributed by atoms with Crippen molar-refractivity contribution in [3.8, 4) is 0 Å². The van der Waals surface area contributed by atoms with Gasteiger partial charge in [-0.05, 0) is 55.2 Å². The van der Waals surface area contributed by atoms with Crippen molar-refractivity contribution in [3.05, 3.63) is 106 Å². The number of aryl methyl sites for hydroxylation is 3. The summed E-state index contributed by atoms with van der Waals surface area (Å²) in [6.07, 6.45) is 0.409. The molecule has 2 aliphatic heterocycles. The molecule has 190 valence electrons. The predicted octanol–water partition coefficient (Wildman–Crippen LogP) is 4.20. The van der Waals surface area contributed by atoms with E-state index in [4.69, 9.17) is 4.74 Å². The second kappa shape index (κ2) is 9.82. The molecule has 0 saturated carbocycles. The average molecular weight is 498 g/mol. The van der Waals surface area contributed by atoms with Crippen LogP contribution in [0.4, 0.5) is 0 Å². The van der Waals surface area contributed by atoms with Crippen LogP contribution in [0.25, 0.3) is 0 Å². The lowest BCUT2D eigenvalue weighted by Crippen LogP contribution is -2.47.